The molecule has 0 spiro atoms. The van der Waals surface area contributed by atoms with Gasteiger partial charge in [-0.25, -0.2) is 4.79 Å². The van der Waals surface area contributed by atoms with E-state index in [1.54, 1.807) is 31.6 Å². The van der Waals surface area contributed by atoms with Crippen LogP contribution in [0.15, 0.2) is 48.8 Å². The van der Waals surface area contributed by atoms with Crippen LogP contribution < -0.4 is 20.7 Å². The monoisotopic (exact) mass is 382 g/mol. The Kier molecular flexibility index (Phi) is 6.47. The van der Waals surface area contributed by atoms with Crippen LogP contribution >= 0.6 is 0 Å². The molecule has 1 aliphatic carbocycles. The lowest BCUT2D eigenvalue weighted by Gasteiger charge is -2.36. The Bertz CT molecular complexity index is 804. The second kappa shape index (κ2) is 9.21. The standard InChI is InChI=1S/C21H26N4O3/c1-28-18-10-4-3-9-17(18)24-20(27)25-21(11-5-2-6-12-21)19(26)23-15-16-8-7-13-22-14-16/h3-4,7-10,13-14H,2,5-6,11-12,15H2,1H3,(H,23,26)(H2,24,25,27). The molecule has 0 atom stereocenters. The summed E-state index contributed by atoms with van der Waals surface area (Å²) in [6.07, 6.45) is 7.50. The second-order valence-electron chi connectivity index (χ2n) is 6.97. The molecule has 3 rings (SSSR count). The zero-order chi connectivity index (χ0) is 19.8. The number of rotatable bonds is 6. The highest BCUT2D eigenvalue weighted by Gasteiger charge is 2.40. The van der Waals surface area contributed by atoms with Gasteiger partial charge in [0.2, 0.25) is 5.91 Å². The molecule has 1 aromatic heterocycles. The number of anilines is 1. The predicted octanol–water partition coefficient (Wildman–Crippen LogP) is 3.23. The minimum atomic E-state index is -0.910. The van der Waals surface area contributed by atoms with Gasteiger partial charge in [-0.05, 0) is 36.6 Å². The lowest BCUT2D eigenvalue weighted by Crippen LogP contribution is -2.60. The fraction of sp³-hybridized carbons (Fsp3) is 0.381. The molecule has 1 heterocycles. The fourth-order valence-electron chi connectivity index (χ4n) is 3.54. The molecule has 0 unspecified atom stereocenters. The van der Waals surface area contributed by atoms with Crippen molar-refractivity contribution in [3.05, 3.63) is 54.4 Å². The van der Waals surface area contributed by atoms with E-state index in [4.69, 9.17) is 4.74 Å². The number of pyridine rings is 1. The van der Waals surface area contributed by atoms with Crippen LogP contribution in [0.25, 0.3) is 0 Å². The Labute approximate surface area is 164 Å². The lowest BCUT2D eigenvalue weighted by atomic mass is 9.81. The number of nitrogens with zero attached hydrogens (tertiary/aromatic N) is 1. The first-order chi connectivity index (χ1) is 13.6. The van der Waals surface area contributed by atoms with Crippen molar-refractivity contribution >= 4 is 17.6 Å². The molecule has 3 amide bonds. The third kappa shape index (κ3) is 4.79. The molecule has 0 aliphatic heterocycles. The Balaban J connectivity index is 1.68. The highest BCUT2D eigenvalue weighted by atomic mass is 16.5. The first-order valence-corrected chi connectivity index (χ1v) is 9.52. The first kappa shape index (κ1) is 19.7. The molecule has 1 aromatic carbocycles. The molecule has 0 bridgehead atoms. The number of hydrogen-bond acceptors (Lipinski definition) is 4. The van der Waals surface area contributed by atoms with E-state index in [9.17, 15) is 9.59 Å². The molecule has 28 heavy (non-hydrogen) atoms. The molecule has 7 heteroatoms. The number of urea groups is 1. The zero-order valence-corrected chi connectivity index (χ0v) is 16.0. The van der Waals surface area contributed by atoms with Crippen LogP contribution in [0.1, 0.15) is 37.7 Å². The van der Waals surface area contributed by atoms with Crippen molar-refractivity contribution in [2.45, 2.75) is 44.2 Å². The van der Waals surface area contributed by atoms with E-state index in [0.717, 1.165) is 24.8 Å². The molecule has 0 radical (unpaired) electrons. The number of benzene rings is 1. The second-order valence-corrected chi connectivity index (χ2v) is 6.97. The maximum absolute atomic E-state index is 13.0. The third-order valence-corrected chi connectivity index (χ3v) is 5.03. The quantitative estimate of drug-likeness (QED) is 0.715. The van der Waals surface area contributed by atoms with Crippen molar-refractivity contribution in [2.75, 3.05) is 12.4 Å². The average molecular weight is 382 g/mol. The van der Waals surface area contributed by atoms with Crippen LogP contribution in [-0.4, -0.2) is 29.6 Å². The molecule has 148 valence electrons. The van der Waals surface area contributed by atoms with Gasteiger partial charge in [0.25, 0.3) is 0 Å². The van der Waals surface area contributed by atoms with Crippen molar-refractivity contribution in [2.24, 2.45) is 0 Å². The van der Waals surface area contributed by atoms with Crippen LogP contribution in [0.3, 0.4) is 0 Å². The largest absolute Gasteiger partial charge is 0.495 e. The number of amides is 3. The Morgan fingerprint density at radius 1 is 1.11 bits per heavy atom. The third-order valence-electron chi connectivity index (χ3n) is 5.03. The minimum absolute atomic E-state index is 0.161. The van der Waals surface area contributed by atoms with Gasteiger partial charge >= 0.3 is 6.03 Å². The van der Waals surface area contributed by atoms with E-state index in [2.05, 4.69) is 20.9 Å². The number of aromatic nitrogens is 1. The number of para-hydroxylation sites is 2. The van der Waals surface area contributed by atoms with Gasteiger partial charge < -0.3 is 20.7 Å². The SMILES string of the molecule is COc1ccccc1NC(=O)NC1(C(=O)NCc2cccnc2)CCCCC1. The van der Waals surface area contributed by atoms with E-state index in [-0.39, 0.29) is 5.91 Å². The van der Waals surface area contributed by atoms with Gasteiger partial charge in [0, 0.05) is 18.9 Å². The van der Waals surface area contributed by atoms with Gasteiger partial charge in [-0.1, -0.05) is 37.5 Å². The zero-order valence-electron chi connectivity index (χ0n) is 16.0. The van der Waals surface area contributed by atoms with Crippen molar-refractivity contribution in [3.8, 4) is 5.75 Å². The topological polar surface area (TPSA) is 92.4 Å². The molecule has 1 fully saturated rings. The molecule has 2 aromatic rings. The van der Waals surface area contributed by atoms with E-state index in [1.807, 2.05) is 24.3 Å². The molecular formula is C21H26N4O3. The normalized spacial score (nSPS) is 15.3. The van der Waals surface area contributed by atoms with Gasteiger partial charge in [-0.2, -0.15) is 0 Å². The Hall–Kier alpha value is -3.09. The summed E-state index contributed by atoms with van der Waals surface area (Å²) in [5.74, 6) is 0.405. The van der Waals surface area contributed by atoms with Gasteiger partial charge in [0.15, 0.2) is 0 Å². The van der Waals surface area contributed by atoms with Crippen molar-refractivity contribution in [1.29, 1.82) is 0 Å². The predicted molar refractivity (Wildman–Crippen MR) is 107 cm³/mol. The van der Waals surface area contributed by atoms with Crippen LogP contribution in [0.4, 0.5) is 10.5 Å². The van der Waals surface area contributed by atoms with Crippen molar-refractivity contribution < 1.29 is 14.3 Å². The van der Waals surface area contributed by atoms with Crippen molar-refractivity contribution in [1.82, 2.24) is 15.6 Å². The number of nitrogens with one attached hydrogen (secondary N) is 3. The van der Waals surface area contributed by atoms with E-state index >= 15 is 0 Å². The maximum Gasteiger partial charge on any atom is 0.320 e. The number of ether oxygens (including phenoxy) is 1. The highest BCUT2D eigenvalue weighted by molar-refractivity contribution is 5.96. The van der Waals surface area contributed by atoms with Crippen LogP contribution in [0.2, 0.25) is 0 Å². The number of carbonyl (C=O) groups is 2. The summed E-state index contributed by atoms with van der Waals surface area (Å²) in [6.45, 7) is 0.379. The van der Waals surface area contributed by atoms with E-state index in [1.165, 1.54) is 0 Å². The summed E-state index contributed by atoms with van der Waals surface area (Å²) in [5, 5.41) is 8.69. The van der Waals surface area contributed by atoms with E-state index < -0.39 is 11.6 Å². The summed E-state index contributed by atoms with van der Waals surface area (Å²) < 4.78 is 5.27. The fourth-order valence-corrected chi connectivity index (χ4v) is 3.54. The Morgan fingerprint density at radius 3 is 2.61 bits per heavy atom. The molecule has 1 aliphatic rings. The lowest BCUT2D eigenvalue weighted by molar-refractivity contribution is -0.128. The Morgan fingerprint density at radius 2 is 1.89 bits per heavy atom. The summed E-state index contributed by atoms with van der Waals surface area (Å²) >= 11 is 0. The van der Waals surface area contributed by atoms with Gasteiger partial charge in [-0.15, -0.1) is 0 Å². The summed E-state index contributed by atoms with van der Waals surface area (Å²) in [6, 6.07) is 10.5. The van der Waals surface area contributed by atoms with Gasteiger partial charge in [-0.3, -0.25) is 9.78 Å². The molecule has 1 saturated carbocycles. The van der Waals surface area contributed by atoms with Crippen LogP contribution in [-0.2, 0) is 11.3 Å². The smallest absolute Gasteiger partial charge is 0.320 e. The summed E-state index contributed by atoms with van der Waals surface area (Å²) in [4.78, 5) is 29.7. The van der Waals surface area contributed by atoms with Gasteiger partial charge in [0.1, 0.15) is 11.3 Å². The maximum atomic E-state index is 13.0. The van der Waals surface area contributed by atoms with Gasteiger partial charge in [0.05, 0.1) is 12.8 Å². The highest BCUT2D eigenvalue weighted by Crippen LogP contribution is 2.29. The van der Waals surface area contributed by atoms with Crippen LogP contribution in [0, 0.1) is 0 Å². The molecule has 0 saturated heterocycles. The number of hydrogen-bond donors (Lipinski definition) is 3. The minimum Gasteiger partial charge on any atom is -0.495 e. The van der Waals surface area contributed by atoms with E-state index in [0.29, 0.717) is 30.8 Å². The summed E-state index contributed by atoms with van der Waals surface area (Å²) in [7, 11) is 1.55. The number of methoxy groups -OCH3 is 1. The first-order valence-electron chi connectivity index (χ1n) is 9.52. The average Bonchev–Trinajstić information content (AvgIpc) is 2.73. The molecular weight excluding hydrogens is 356 g/mol. The molecule has 7 nitrogen and oxygen atoms in total. The molecule has 3 N–H and O–H groups in total. The van der Waals surface area contributed by atoms with Crippen LogP contribution in [0.5, 0.6) is 5.75 Å². The van der Waals surface area contributed by atoms with Crippen molar-refractivity contribution in [3.63, 3.8) is 0 Å². The number of carbonyl (C=O) groups excluding carboxylic acids is 2. The summed E-state index contributed by atoms with van der Waals surface area (Å²) in [5.41, 5.74) is 0.566.